The number of nitrogens with zero attached hydrogens (tertiary/aromatic N) is 1. The molecule has 1 atom stereocenters. The average Bonchev–Trinajstić information content (AvgIpc) is 2.75. The van der Waals surface area contributed by atoms with Crippen LogP contribution in [-0.4, -0.2) is 35.9 Å². The third-order valence-corrected chi connectivity index (χ3v) is 4.56. The van der Waals surface area contributed by atoms with Crippen LogP contribution in [0, 0.1) is 0 Å². The van der Waals surface area contributed by atoms with E-state index in [0.717, 1.165) is 30.8 Å². The molecule has 2 rings (SSSR count). The van der Waals surface area contributed by atoms with Gasteiger partial charge in [0.2, 0.25) is 0 Å². The van der Waals surface area contributed by atoms with Gasteiger partial charge in [0.25, 0.3) is 0 Å². The topological polar surface area (TPSA) is 46.3 Å². The molecule has 0 bridgehead atoms. The molecule has 0 amide bonds. The van der Waals surface area contributed by atoms with Crippen molar-refractivity contribution in [3.63, 3.8) is 0 Å². The minimum atomic E-state index is -0.0720. The van der Waals surface area contributed by atoms with E-state index in [-0.39, 0.29) is 11.8 Å². The van der Waals surface area contributed by atoms with Crippen molar-refractivity contribution >= 4 is 28.7 Å². The molecule has 1 saturated heterocycles. The first-order chi connectivity index (χ1) is 8.08. The molecule has 0 radical (unpaired) electrons. The van der Waals surface area contributed by atoms with Crippen molar-refractivity contribution in [3.8, 4) is 0 Å². The van der Waals surface area contributed by atoms with Crippen molar-refractivity contribution in [1.82, 2.24) is 4.90 Å². The molecule has 0 spiro atoms. The molecule has 1 aliphatic heterocycles. The van der Waals surface area contributed by atoms with Gasteiger partial charge >= 0.3 is 0 Å². The fraction of sp³-hybridized carbons (Fsp3) is 0.583. The maximum absolute atomic E-state index is 12.2. The summed E-state index contributed by atoms with van der Waals surface area (Å²) in [4.78, 5) is 15.2. The smallest absolute Gasteiger partial charge is 0.189 e. The van der Waals surface area contributed by atoms with Crippen LogP contribution in [0.25, 0.3) is 0 Å². The number of Topliss-reactive ketones (excluding diaryl/α,β-unsaturated/α-hetero) is 1. The molecule has 1 aromatic heterocycles. The van der Waals surface area contributed by atoms with Crippen LogP contribution >= 0.6 is 22.9 Å². The van der Waals surface area contributed by atoms with E-state index in [1.54, 1.807) is 6.07 Å². The maximum Gasteiger partial charge on any atom is 0.189 e. The summed E-state index contributed by atoms with van der Waals surface area (Å²) in [6.07, 6.45) is 1.95. The number of piperidine rings is 1. The van der Waals surface area contributed by atoms with Crippen LogP contribution in [0.2, 0.25) is 4.34 Å². The summed E-state index contributed by atoms with van der Waals surface area (Å²) < 4.78 is 0.668. The Kier molecular flexibility index (Phi) is 4.20. The molecule has 0 saturated carbocycles. The quantitative estimate of drug-likeness (QED) is 0.860. The number of nitrogens with two attached hydrogens (primary N) is 1. The van der Waals surface area contributed by atoms with E-state index in [4.69, 9.17) is 17.3 Å². The number of hydrogen-bond acceptors (Lipinski definition) is 4. The monoisotopic (exact) mass is 272 g/mol. The van der Waals surface area contributed by atoms with Crippen molar-refractivity contribution in [3.05, 3.63) is 21.3 Å². The number of carbonyl (C=O) groups excluding carboxylic acids is 1. The van der Waals surface area contributed by atoms with E-state index in [9.17, 15) is 4.79 Å². The number of thiophene rings is 1. The number of carbonyl (C=O) groups is 1. The highest BCUT2D eigenvalue weighted by molar-refractivity contribution is 7.18. The summed E-state index contributed by atoms with van der Waals surface area (Å²) in [5.41, 5.74) is 5.86. The van der Waals surface area contributed by atoms with Crippen LogP contribution in [0.5, 0.6) is 0 Å². The first-order valence-corrected chi connectivity index (χ1v) is 7.06. The largest absolute Gasteiger partial charge is 0.328 e. The van der Waals surface area contributed by atoms with Crippen LogP contribution in [-0.2, 0) is 0 Å². The summed E-state index contributed by atoms with van der Waals surface area (Å²) in [7, 11) is 0. The minimum Gasteiger partial charge on any atom is -0.328 e. The highest BCUT2D eigenvalue weighted by Gasteiger charge is 2.26. The second-order valence-electron chi connectivity index (χ2n) is 4.52. The van der Waals surface area contributed by atoms with Crippen LogP contribution in [0.3, 0.4) is 0 Å². The molecule has 1 unspecified atom stereocenters. The number of halogens is 1. The molecule has 2 heterocycles. The fourth-order valence-corrected chi connectivity index (χ4v) is 3.19. The zero-order chi connectivity index (χ0) is 12.4. The van der Waals surface area contributed by atoms with E-state index in [2.05, 4.69) is 4.90 Å². The van der Waals surface area contributed by atoms with Gasteiger partial charge in [-0.2, -0.15) is 0 Å². The Labute approximate surface area is 111 Å². The Bertz CT molecular complexity index is 399. The molecule has 2 N–H and O–H groups in total. The Morgan fingerprint density at radius 2 is 2.18 bits per heavy atom. The first-order valence-electron chi connectivity index (χ1n) is 5.87. The number of hydrogen-bond donors (Lipinski definition) is 1. The number of rotatable bonds is 3. The molecule has 1 aliphatic rings. The molecule has 0 aliphatic carbocycles. The lowest BCUT2D eigenvalue weighted by atomic mass is 10.0. The molecular weight excluding hydrogens is 256 g/mol. The van der Waals surface area contributed by atoms with E-state index in [1.807, 2.05) is 13.0 Å². The lowest BCUT2D eigenvalue weighted by Crippen LogP contribution is -2.46. The van der Waals surface area contributed by atoms with Crippen molar-refractivity contribution < 1.29 is 4.79 Å². The lowest BCUT2D eigenvalue weighted by Gasteiger charge is -2.33. The first kappa shape index (κ1) is 13.0. The normalized spacial score (nSPS) is 20.4. The highest BCUT2D eigenvalue weighted by atomic mass is 35.5. The predicted molar refractivity (Wildman–Crippen MR) is 71.9 cm³/mol. The Balaban J connectivity index is 2.00. The molecule has 1 fully saturated rings. The van der Waals surface area contributed by atoms with Gasteiger partial charge < -0.3 is 5.73 Å². The van der Waals surface area contributed by atoms with Crippen LogP contribution in [0.4, 0.5) is 0 Å². The molecule has 1 aromatic rings. The highest BCUT2D eigenvalue weighted by Crippen LogP contribution is 2.24. The molecule has 3 nitrogen and oxygen atoms in total. The zero-order valence-corrected chi connectivity index (χ0v) is 11.4. The van der Waals surface area contributed by atoms with Gasteiger partial charge in [0, 0.05) is 19.1 Å². The fourth-order valence-electron chi connectivity index (χ4n) is 2.13. The van der Waals surface area contributed by atoms with Crippen molar-refractivity contribution in [2.45, 2.75) is 31.8 Å². The van der Waals surface area contributed by atoms with E-state index in [1.165, 1.54) is 11.3 Å². The summed E-state index contributed by atoms with van der Waals surface area (Å²) in [6, 6.07) is 3.81. The van der Waals surface area contributed by atoms with Gasteiger partial charge in [-0.3, -0.25) is 9.69 Å². The van der Waals surface area contributed by atoms with Gasteiger partial charge in [0.15, 0.2) is 5.78 Å². The molecule has 0 aromatic carbocycles. The van der Waals surface area contributed by atoms with Gasteiger partial charge in [-0.05, 0) is 31.9 Å². The molecular formula is C12H17ClN2OS. The van der Waals surface area contributed by atoms with Crippen molar-refractivity contribution in [2.75, 3.05) is 13.1 Å². The third kappa shape index (κ3) is 3.07. The van der Waals surface area contributed by atoms with Gasteiger partial charge in [0.1, 0.15) is 0 Å². The summed E-state index contributed by atoms with van der Waals surface area (Å²) in [5, 5.41) is 0. The standard InChI is InChI=1S/C12H17ClN2OS/c1-8(15-6-4-9(14)5-7-15)12(16)10-2-3-11(13)17-10/h2-3,8-9H,4-7,14H2,1H3. The number of likely N-dealkylation sites (tertiary alicyclic amines) is 1. The molecule has 17 heavy (non-hydrogen) atoms. The minimum absolute atomic E-state index is 0.0720. The van der Waals surface area contributed by atoms with Gasteiger partial charge in [-0.25, -0.2) is 0 Å². The van der Waals surface area contributed by atoms with Crippen molar-refractivity contribution in [2.24, 2.45) is 5.73 Å². The summed E-state index contributed by atoms with van der Waals surface area (Å²) in [5.74, 6) is 0.164. The molecule has 94 valence electrons. The molecule has 5 heteroatoms. The van der Waals surface area contributed by atoms with Crippen LogP contribution in [0.1, 0.15) is 29.4 Å². The SMILES string of the molecule is CC(C(=O)c1ccc(Cl)s1)N1CCC(N)CC1. The maximum atomic E-state index is 12.2. The zero-order valence-electron chi connectivity index (χ0n) is 9.86. The van der Waals surface area contributed by atoms with Crippen molar-refractivity contribution in [1.29, 1.82) is 0 Å². The third-order valence-electron chi connectivity index (χ3n) is 3.32. The summed E-state index contributed by atoms with van der Waals surface area (Å²) >= 11 is 7.20. The number of ketones is 1. The Hall–Kier alpha value is -0.420. The Morgan fingerprint density at radius 3 is 2.71 bits per heavy atom. The van der Waals surface area contributed by atoms with E-state index in [0.29, 0.717) is 10.4 Å². The van der Waals surface area contributed by atoms with Gasteiger partial charge in [-0.1, -0.05) is 11.6 Å². The lowest BCUT2D eigenvalue weighted by molar-refractivity contribution is 0.0802. The second-order valence-corrected chi connectivity index (χ2v) is 6.23. The van der Waals surface area contributed by atoms with Crippen LogP contribution < -0.4 is 5.73 Å². The van der Waals surface area contributed by atoms with Gasteiger partial charge in [-0.15, -0.1) is 11.3 Å². The average molecular weight is 273 g/mol. The van der Waals surface area contributed by atoms with Gasteiger partial charge in [0.05, 0.1) is 15.3 Å². The van der Waals surface area contributed by atoms with E-state index >= 15 is 0 Å². The second kappa shape index (κ2) is 5.48. The predicted octanol–water partition coefficient (Wildman–Crippen LogP) is 2.40. The van der Waals surface area contributed by atoms with E-state index < -0.39 is 0 Å². The Morgan fingerprint density at radius 1 is 1.53 bits per heavy atom. The van der Waals surface area contributed by atoms with Crippen LogP contribution in [0.15, 0.2) is 12.1 Å². The summed E-state index contributed by atoms with van der Waals surface area (Å²) in [6.45, 7) is 3.78.